The Bertz CT molecular complexity index is 836. The average Bonchev–Trinajstić information content (AvgIpc) is 3.14. The van der Waals surface area contributed by atoms with E-state index in [4.69, 9.17) is 4.74 Å². The number of morpholine rings is 1. The van der Waals surface area contributed by atoms with Gasteiger partial charge in [-0.2, -0.15) is 0 Å². The summed E-state index contributed by atoms with van der Waals surface area (Å²) < 4.78 is 5.99. The summed E-state index contributed by atoms with van der Waals surface area (Å²) in [5, 5.41) is 6.26. The molecule has 1 amide bonds. The lowest BCUT2D eigenvalue weighted by atomic mass is 10.0. The second-order valence-corrected chi connectivity index (χ2v) is 7.51. The number of aryl methyl sites for hydroxylation is 2. The van der Waals surface area contributed by atoms with E-state index in [2.05, 4.69) is 44.6 Å². The highest BCUT2D eigenvalue weighted by molar-refractivity contribution is 7.11. The maximum Gasteiger partial charge on any atom is 0.263 e. The van der Waals surface area contributed by atoms with E-state index in [1.807, 2.05) is 19.1 Å². The molecule has 150 valence electrons. The maximum atomic E-state index is 12.1. The van der Waals surface area contributed by atoms with E-state index in [9.17, 15) is 4.79 Å². The van der Waals surface area contributed by atoms with Crippen LogP contribution in [0.1, 0.15) is 32.6 Å². The lowest BCUT2D eigenvalue weighted by Gasteiger charge is -2.35. The van der Waals surface area contributed by atoms with Crippen LogP contribution in [0.15, 0.2) is 34.8 Å². The SMILES string of the molecule is CN=C(NCCNC(=O)c1scnc1C)N1CCOC(c2ccccc2C)C1. The number of carbonyl (C=O) groups excluding carboxylic acids is 1. The third kappa shape index (κ3) is 4.88. The van der Waals surface area contributed by atoms with Crippen LogP contribution in [0.3, 0.4) is 0 Å². The molecule has 28 heavy (non-hydrogen) atoms. The van der Waals surface area contributed by atoms with E-state index < -0.39 is 0 Å². The number of amides is 1. The van der Waals surface area contributed by atoms with E-state index >= 15 is 0 Å². The second kappa shape index (κ2) is 9.66. The summed E-state index contributed by atoms with van der Waals surface area (Å²) in [7, 11) is 1.78. The van der Waals surface area contributed by atoms with E-state index in [1.54, 1.807) is 12.6 Å². The number of aromatic nitrogens is 1. The molecule has 8 heteroatoms. The van der Waals surface area contributed by atoms with E-state index in [0.717, 1.165) is 24.7 Å². The molecule has 0 saturated carbocycles. The number of hydrogen-bond acceptors (Lipinski definition) is 5. The highest BCUT2D eigenvalue weighted by Crippen LogP contribution is 2.24. The second-order valence-electron chi connectivity index (χ2n) is 6.66. The number of nitrogens with one attached hydrogen (secondary N) is 2. The molecule has 7 nitrogen and oxygen atoms in total. The topological polar surface area (TPSA) is 78.8 Å². The summed E-state index contributed by atoms with van der Waals surface area (Å²) in [6.07, 6.45) is 0.0301. The van der Waals surface area contributed by atoms with Crippen LogP contribution in [0.2, 0.25) is 0 Å². The van der Waals surface area contributed by atoms with Crippen molar-refractivity contribution in [1.29, 1.82) is 0 Å². The third-order valence-electron chi connectivity index (χ3n) is 4.76. The minimum absolute atomic E-state index is 0.0301. The van der Waals surface area contributed by atoms with Gasteiger partial charge in [0.05, 0.1) is 24.4 Å². The molecule has 1 unspecified atom stereocenters. The summed E-state index contributed by atoms with van der Waals surface area (Å²) in [5.41, 5.74) is 4.91. The highest BCUT2D eigenvalue weighted by Gasteiger charge is 2.25. The molecule has 2 heterocycles. The number of hydrogen-bond donors (Lipinski definition) is 2. The minimum atomic E-state index is -0.0808. The fourth-order valence-corrected chi connectivity index (χ4v) is 3.98. The minimum Gasteiger partial charge on any atom is -0.370 e. The number of thiazole rings is 1. The van der Waals surface area contributed by atoms with Crippen molar-refractivity contribution in [2.45, 2.75) is 20.0 Å². The first-order chi connectivity index (χ1) is 13.6. The van der Waals surface area contributed by atoms with E-state index in [1.165, 1.54) is 22.5 Å². The Morgan fingerprint density at radius 3 is 2.82 bits per heavy atom. The lowest BCUT2D eigenvalue weighted by molar-refractivity contribution is -0.00829. The number of ether oxygens (including phenoxy) is 1. The first-order valence-corrected chi connectivity index (χ1v) is 10.3. The zero-order valence-electron chi connectivity index (χ0n) is 16.6. The van der Waals surface area contributed by atoms with Crippen LogP contribution in [0, 0.1) is 13.8 Å². The van der Waals surface area contributed by atoms with Crippen LogP contribution >= 0.6 is 11.3 Å². The number of guanidine groups is 1. The van der Waals surface area contributed by atoms with Gasteiger partial charge in [-0.25, -0.2) is 4.98 Å². The molecule has 1 aromatic heterocycles. The standard InChI is InChI=1S/C20H27N5O2S/c1-14-6-4-5-7-16(14)17-12-25(10-11-27-17)20(21-3)23-9-8-22-19(26)18-15(2)24-13-28-18/h4-7,13,17H,8-12H2,1-3H3,(H,21,23)(H,22,26). The number of carbonyl (C=O) groups is 1. The Hall–Kier alpha value is -2.45. The molecule has 1 saturated heterocycles. The average molecular weight is 402 g/mol. The van der Waals surface area contributed by atoms with Gasteiger partial charge in [0.15, 0.2) is 5.96 Å². The molecule has 2 N–H and O–H groups in total. The monoisotopic (exact) mass is 401 g/mol. The van der Waals surface area contributed by atoms with Gasteiger partial charge in [0.25, 0.3) is 5.91 Å². The number of nitrogens with zero attached hydrogens (tertiary/aromatic N) is 3. The van der Waals surface area contributed by atoms with E-state index in [0.29, 0.717) is 24.6 Å². The smallest absolute Gasteiger partial charge is 0.263 e. The van der Waals surface area contributed by atoms with Crippen molar-refractivity contribution in [2.75, 3.05) is 39.8 Å². The molecule has 0 bridgehead atoms. The fourth-order valence-electron chi connectivity index (χ4n) is 3.26. The predicted octanol–water partition coefficient (Wildman–Crippen LogP) is 2.14. The Labute approximate surface area is 169 Å². The summed E-state index contributed by atoms with van der Waals surface area (Å²) in [5.74, 6) is 0.743. The third-order valence-corrected chi connectivity index (χ3v) is 5.69. The molecule has 0 spiro atoms. The molecular formula is C20H27N5O2S. The molecule has 1 aliphatic heterocycles. The summed E-state index contributed by atoms with van der Waals surface area (Å²) in [6.45, 7) is 7.25. The van der Waals surface area contributed by atoms with Crippen molar-refractivity contribution >= 4 is 23.2 Å². The molecule has 0 radical (unpaired) electrons. The zero-order valence-corrected chi connectivity index (χ0v) is 17.4. The van der Waals surface area contributed by atoms with Gasteiger partial charge < -0.3 is 20.3 Å². The Morgan fingerprint density at radius 1 is 1.32 bits per heavy atom. The molecule has 1 aliphatic rings. The van der Waals surface area contributed by atoms with Gasteiger partial charge in [-0.15, -0.1) is 11.3 Å². The van der Waals surface area contributed by atoms with E-state index in [-0.39, 0.29) is 12.0 Å². The number of aliphatic imine (C=N–C) groups is 1. The van der Waals surface area contributed by atoms with Crippen LogP contribution in [-0.2, 0) is 4.74 Å². The normalized spacial score (nSPS) is 17.5. The van der Waals surface area contributed by atoms with Crippen molar-refractivity contribution in [3.8, 4) is 0 Å². The molecule has 1 aromatic carbocycles. The first kappa shape index (κ1) is 20.3. The van der Waals surface area contributed by atoms with Gasteiger partial charge in [-0.05, 0) is 25.0 Å². The van der Waals surface area contributed by atoms with Crippen molar-refractivity contribution in [2.24, 2.45) is 4.99 Å². The van der Waals surface area contributed by atoms with Crippen LogP contribution in [0.4, 0.5) is 0 Å². The molecule has 1 atom stereocenters. The van der Waals surface area contributed by atoms with Gasteiger partial charge in [0.2, 0.25) is 0 Å². The first-order valence-electron chi connectivity index (χ1n) is 9.41. The number of rotatable bonds is 5. The Balaban J connectivity index is 1.50. The summed E-state index contributed by atoms with van der Waals surface area (Å²) in [4.78, 5) is 23.5. The Morgan fingerprint density at radius 2 is 2.11 bits per heavy atom. The lowest BCUT2D eigenvalue weighted by Crippen LogP contribution is -2.49. The van der Waals surface area contributed by atoms with Crippen molar-refractivity contribution < 1.29 is 9.53 Å². The molecular weight excluding hydrogens is 374 g/mol. The quantitative estimate of drug-likeness (QED) is 0.456. The van der Waals surface area contributed by atoms with Crippen LogP contribution < -0.4 is 10.6 Å². The van der Waals surface area contributed by atoms with Crippen molar-refractivity contribution in [3.05, 3.63) is 51.5 Å². The van der Waals surface area contributed by atoms with Crippen molar-refractivity contribution in [3.63, 3.8) is 0 Å². The number of benzene rings is 1. The van der Waals surface area contributed by atoms with Crippen LogP contribution in [-0.4, -0.2) is 61.6 Å². The fraction of sp³-hybridized carbons (Fsp3) is 0.450. The van der Waals surface area contributed by atoms with Gasteiger partial charge in [0.1, 0.15) is 11.0 Å². The van der Waals surface area contributed by atoms with Crippen LogP contribution in [0.5, 0.6) is 0 Å². The van der Waals surface area contributed by atoms with Crippen LogP contribution in [0.25, 0.3) is 0 Å². The zero-order chi connectivity index (χ0) is 19.9. The van der Waals surface area contributed by atoms with Gasteiger partial charge >= 0.3 is 0 Å². The Kier molecular flexibility index (Phi) is 7.00. The maximum absolute atomic E-state index is 12.1. The molecule has 3 rings (SSSR count). The predicted molar refractivity (Wildman–Crippen MR) is 112 cm³/mol. The molecule has 0 aliphatic carbocycles. The highest BCUT2D eigenvalue weighted by atomic mass is 32.1. The van der Waals surface area contributed by atoms with Gasteiger partial charge in [-0.3, -0.25) is 9.79 Å². The van der Waals surface area contributed by atoms with Gasteiger partial charge in [-0.1, -0.05) is 24.3 Å². The largest absolute Gasteiger partial charge is 0.370 e. The molecule has 2 aromatic rings. The molecule has 1 fully saturated rings. The summed E-state index contributed by atoms with van der Waals surface area (Å²) in [6, 6.07) is 8.32. The van der Waals surface area contributed by atoms with Crippen molar-refractivity contribution in [1.82, 2.24) is 20.5 Å². The summed E-state index contributed by atoms with van der Waals surface area (Å²) >= 11 is 1.36. The van der Waals surface area contributed by atoms with Gasteiger partial charge in [0, 0.05) is 26.7 Å².